The third kappa shape index (κ3) is 9.48. The van der Waals surface area contributed by atoms with Crippen LogP contribution in [0.4, 0.5) is 0 Å². The third-order valence-corrected chi connectivity index (χ3v) is 10.6. The first kappa shape index (κ1) is 39.6. The molecule has 0 radical (unpaired) electrons. The average molecular weight is 798 g/mol. The lowest BCUT2D eigenvalue weighted by Gasteiger charge is -2.26. The molecule has 2 heterocycles. The summed E-state index contributed by atoms with van der Waals surface area (Å²) in [6.45, 7) is 6.06. The molecule has 1 aliphatic rings. The minimum atomic E-state index is -0.719. The van der Waals surface area contributed by atoms with Crippen molar-refractivity contribution in [1.29, 1.82) is 0 Å². The Kier molecular flexibility index (Phi) is 12.4. The van der Waals surface area contributed by atoms with E-state index in [4.69, 9.17) is 23.7 Å². The Morgan fingerprint density at radius 1 is 0.603 bits per heavy atom. The second-order valence-electron chi connectivity index (χ2n) is 13.6. The lowest BCUT2D eigenvalue weighted by Crippen LogP contribution is -2.33. The number of piperidine rings is 1. The van der Waals surface area contributed by atoms with E-state index in [0.717, 1.165) is 19.6 Å². The van der Waals surface area contributed by atoms with Crippen LogP contribution in [0.5, 0.6) is 28.7 Å². The zero-order chi connectivity index (χ0) is 40.6. The summed E-state index contributed by atoms with van der Waals surface area (Å²) < 4.78 is 28.4. The third-order valence-electron chi connectivity index (χ3n) is 9.39. The average Bonchev–Trinajstić information content (AvgIpc) is 3.60. The fraction of sp³-hybridized carbons (Fsp3) is 0.196. The summed E-state index contributed by atoms with van der Waals surface area (Å²) in [6, 6.07) is 31.4. The molecule has 294 valence electrons. The predicted octanol–water partition coefficient (Wildman–Crippen LogP) is 8.95. The molecule has 0 N–H and O–H groups in total. The smallest absolute Gasteiger partial charge is 0.347 e. The molecule has 1 fully saturated rings. The van der Waals surface area contributed by atoms with Crippen molar-refractivity contribution in [2.75, 3.05) is 26.2 Å². The fourth-order valence-electron chi connectivity index (χ4n) is 6.65. The molecule has 6 aromatic rings. The first-order valence-corrected chi connectivity index (χ1v) is 19.6. The van der Waals surface area contributed by atoms with Crippen molar-refractivity contribution in [2.24, 2.45) is 0 Å². The van der Waals surface area contributed by atoms with Crippen LogP contribution in [0.25, 0.3) is 20.5 Å². The largest absolute Gasteiger partial charge is 0.492 e. The van der Waals surface area contributed by atoms with Gasteiger partial charge in [0, 0.05) is 46.5 Å². The van der Waals surface area contributed by atoms with Crippen LogP contribution in [0.2, 0.25) is 0 Å². The van der Waals surface area contributed by atoms with Gasteiger partial charge in [0.25, 0.3) is 0 Å². The van der Waals surface area contributed by atoms with Crippen LogP contribution >= 0.6 is 11.3 Å². The molecule has 1 aromatic heterocycles. The second kappa shape index (κ2) is 18.1. The van der Waals surface area contributed by atoms with Gasteiger partial charge in [0.15, 0.2) is 5.78 Å². The van der Waals surface area contributed by atoms with E-state index in [1.54, 1.807) is 91.0 Å². The number of fused-ring (bicyclic) bond motifs is 1. The van der Waals surface area contributed by atoms with Gasteiger partial charge in [-0.25, -0.2) is 9.59 Å². The number of para-hydroxylation sites is 2. The van der Waals surface area contributed by atoms with Crippen molar-refractivity contribution in [1.82, 2.24) is 4.90 Å². The number of hydrogen-bond donors (Lipinski definition) is 0. The quantitative estimate of drug-likeness (QED) is 0.0630. The van der Waals surface area contributed by atoms with E-state index < -0.39 is 23.9 Å². The zero-order valence-corrected chi connectivity index (χ0v) is 32.7. The highest BCUT2D eigenvalue weighted by atomic mass is 32.1. The Bertz CT molecular complexity index is 2480. The van der Waals surface area contributed by atoms with Gasteiger partial charge in [-0.2, -0.15) is 0 Å². The van der Waals surface area contributed by atoms with Crippen molar-refractivity contribution in [3.63, 3.8) is 0 Å². The maximum Gasteiger partial charge on any atom is 0.347 e. The number of hydrogen-bond acceptors (Lipinski definition) is 12. The summed E-state index contributed by atoms with van der Waals surface area (Å²) in [7, 11) is 0. The van der Waals surface area contributed by atoms with Crippen LogP contribution in [0.1, 0.15) is 69.7 Å². The van der Waals surface area contributed by atoms with Crippen LogP contribution in [0.15, 0.2) is 115 Å². The number of nitrogens with zero attached hydrogens (tertiary/aromatic N) is 1. The Morgan fingerprint density at radius 3 is 1.76 bits per heavy atom. The minimum Gasteiger partial charge on any atom is -0.492 e. The first-order valence-electron chi connectivity index (χ1n) is 18.8. The topological polar surface area (TPSA) is 135 Å². The highest BCUT2D eigenvalue weighted by Crippen LogP contribution is 2.42. The van der Waals surface area contributed by atoms with Crippen molar-refractivity contribution in [2.45, 2.75) is 33.1 Å². The molecular weight excluding hydrogens is 759 g/mol. The second-order valence-corrected chi connectivity index (χ2v) is 14.6. The highest BCUT2D eigenvalue weighted by Gasteiger charge is 2.24. The first-order chi connectivity index (χ1) is 28.1. The standard InChI is InChI=1S/C46H39NO10S/c1-29(48)54-39-12-6-4-10-36(39)45(51)56-34-20-16-32(17-21-34)44-42(43(50)31-14-18-33(19-15-31)53-27-26-47-24-8-3-9-25-47)38-23-22-35(28-41(38)58-44)57-46(52)37-11-5-7-13-40(37)55-30(2)49/h4-7,10-23,28H,3,8-9,24-27H2,1-2H3. The van der Waals surface area contributed by atoms with E-state index in [1.165, 1.54) is 68.7 Å². The summed E-state index contributed by atoms with van der Waals surface area (Å²) >= 11 is 1.33. The number of ether oxygens (including phenoxy) is 5. The Hall–Kier alpha value is -6.63. The van der Waals surface area contributed by atoms with Gasteiger partial charge in [-0.15, -0.1) is 11.3 Å². The molecule has 1 saturated heterocycles. The summed E-state index contributed by atoms with van der Waals surface area (Å²) in [6.07, 6.45) is 3.69. The van der Waals surface area contributed by atoms with E-state index in [9.17, 15) is 24.0 Å². The molecule has 0 saturated carbocycles. The van der Waals surface area contributed by atoms with Crippen molar-refractivity contribution < 1.29 is 47.7 Å². The predicted molar refractivity (Wildman–Crippen MR) is 218 cm³/mol. The van der Waals surface area contributed by atoms with Crippen LogP contribution in [-0.4, -0.2) is 60.8 Å². The molecule has 12 heteroatoms. The van der Waals surface area contributed by atoms with Crippen LogP contribution in [0, 0.1) is 0 Å². The molecule has 0 amide bonds. The van der Waals surface area contributed by atoms with Crippen molar-refractivity contribution >= 4 is 51.1 Å². The van der Waals surface area contributed by atoms with Gasteiger partial charge in [0.2, 0.25) is 0 Å². The summed E-state index contributed by atoms with van der Waals surface area (Å²) in [5.41, 5.74) is 1.74. The number of esters is 4. The summed E-state index contributed by atoms with van der Waals surface area (Å²) in [5, 5.41) is 0.643. The molecule has 5 aromatic carbocycles. The molecule has 58 heavy (non-hydrogen) atoms. The van der Waals surface area contributed by atoms with E-state index in [2.05, 4.69) is 4.90 Å². The Balaban J connectivity index is 1.17. The van der Waals surface area contributed by atoms with Crippen LogP contribution in [-0.2, 0) is 9.59 Å². The molecule has 1 aliphatic heterocycles. The van der Waals surface area contributed by atoms with Gasteiger partial charge in [-0.3, -0.25) is 19.3 Å². The molecule has 7 rings (SSSR count). The maximum absolute atomic E-state index is 14.4. The van der Waals surface area contributed by atoms with Gasteiger partial charge in [-0.1, -0.05) is 30.7 Å². The minimum absolute atomic E-state index is 0.0773. The molecule has 11 nitrogen and oxygen atoms in total. The molecule has 0 unspecified atom stereocenters. The van der Waals surface area contributed by atoms with Crippen molar-refractivity contribution in [3.05, 3.63) is 138 Å². The number of ketones is 1. The number of carbonyl (C=O) groups excluding carboxylic acids is 5. The maximum atomic E-state index is 14.4. The van der Waals surface area contributed by atoms with Gasteiger partial charge >= 0.3 is 23.9 Å². The van der Waals surface area contributed by atoms with Gasteiger partial charge in [0.05, 0.1) is 0 Å². The van der Waals surface area contributed by atoms with Crippen LogP contribution < -0.4 is 23.7 Å². The zero-order valence-electron chi connectivity index (χ0n) is 31.9. The van der Waals surface area contributed by atoms with Crippen molar-refractivity contribution in [3.8, 4) is 39.2 Å². The molecule has 0 aliphatic carbocycles. The SMILES string of the molecule is CC(=O)Oc1ccccc1C(=O)Oc1ccc(-c2sc3cc(OC(=O)c4ccccc4OC(C)=O)ccc3c2C(=O)c2ccc(OCCN3CCCCC3)cc2)cc1. The number of carbonyl (C=O) groups is 5. The van der Waals surface area contributed by atoms with Gasteiger partial charge < -0.3 is 23.7 Å². The van der Waals surface area contributed by atoms with Gasteiger partial charge in [0.1, 0.15) is 46.5 Å². The lowest BCUT2D eigenvalue weighted by atomic mass is 9.97. The van der Waals surface area contributed by atoms with Gasteiger partial charge in [-0.05, 0) is 122 Å². The normalized spacial score (nSPS) is 12.7. The van der Waals surface area contributed by atoms with Crippen LogP contribution in [0.3, 0.4) is 0 Å². The number of likely N-dealkylation sites (tertiary alicyclic amines) is 1. The fourth-order valence-corrected chi connectivity index (χ4v) is 7.88. The van der Waals surface area contributed by atoms with E-state index in [0.29, 0.717) is 44.0 Å². The van der Waals surface area contributed by atoms with E-state index in [1.807, 2.05) is 0 Å². The number of thiophene rings is 1. The molecular formula is C46H39NO10S. The Labute approximate surface area is 338 Å². The molecule has 0 bridgehead atoms. The van der Waals surface area contributed by atoms with E-state index in [-0.39, 0.29) is 39.9 Å². The monoisotopic (exact) mass is 797 g/mol. The number of rotatable bonds is 13. The Morgan fingerprint density at radius 2 is 1.16 bits per heavy atom. The summed E-state index contributed by atoms with van der Waals surface area (Å²) in [4.78, 5) is 67.0. The lowest BCUT2D eigenvalue weighted by molar-refractivity contribution is -0.132. The summed E-state index contributed by atoms with van der Waals surface area (Å²) in [5.74, 6) is -1.50. The van der Waals surface area contributed by atoms with E-state index >= 15 is 0 Å². The molecule has 0 atom stereocenters. The molecule has 0 spiro atoms. The highest BCUT2D eigenvalue weighted by molar-refractivity contribution is 7.22. The number of benzene rings is 5.